The van der Waals surface area contributed by atoms with Crippen LogP contribution in [0.1, 0.15) is 32.4 Å². The Kier molecular flexibility index (Phi) is 8.15. The van der Waals surface area contributed by atoms with Crippen LogP contribution in [0, 0.1) is 17.7 Å². The molecule has 2 aromatic rings. The summed E-state index contributed by atoms with van der Waals surface area (Å²) in [5, 5.41) is 5.59. The predicted octanol–water partition coefficient (Wildman–Crippen LogP) is 2.08. The zero-order valence-corrected chi connectivity index (χ0v) is 19.5. The van der Waals surface area contributed by atoms with E-state index < -0.39 is 27.8 Å². The molecule has 1 aliphatic heterocycles. The lowest BCUT2D eigenvalue weighted by atomic mass is 9.96. The number of benzene rings is 1. The van der Waals surface area contributed by atoms with Gasteiger partial charge in [0.15, 0.2) is 0 Å². The number of carbonyl (C=O) groups is 2. The highest BCUT2D eigenvalue weighted by Crippen LogP contribution is 2.24. The second kappa shape index (κ2) is 10.8. The summed E-state index contributed by atoms with van der Waals surface area (Å²) in [6.07, 6.45) is 2.66. The van der Waals surface area contributed by atoms with E-state index >= 15 is 0 Å². The van der Waals surface area contributed by atoms with Gasteiger partial charge in [0.1, 0.15) is 11.9 Å². The number of amides is 2. The van der Waals surface area contributed by atoms with Crippen LogP contribution in [0.5, 0.6) is 0 Å². The molecule has 0 spiro atoms. The van der Waals surface area contributed by atoms with Gasteiger partial charge in [-0.2, -0.15) is 4.31 Å². The van der Waals surface area contributed by atoms with Crippen molar-refractivity contribution < 1.29 is 22.4 Å². The molecule has 0 aliphatic carbocycles. The maximum absolute atomic E-state index is 13.2. The molecule has 2 atom stereocenters. The first kappa shape index (κ1) is 24.8. The molecule has 1 aromatic heterocycles. The van der Waals surface area contributed by atoms with Crippen LogP contribution in [0.2, 0.25) is 0 Å². The molecule has 1 aromatic carbocycles. The fourth-order valence-corrected chi connectivity index (χ4v) is 5.25. The Morgan fingerprint density at radius 3 is 2.55 bits per heavy atom. The molecular weight excluding hydrogens is 447 g/mol. The number of nitrogens with one attached hydrogen (secondary N) is 2. The SMILES string of the molecule is CC(C)[C@H](NC(=O)[C@@H]1CCCN(S(=O)(=O)c2ccc(F)cc2)C1)C(=O)NCc1ccccn1. The van der Waals surface area contributed by atoms with E-state index in [1.165, 1.54) is 16.4 Å². The summed E-state index contributed by atoms with van der Waals surface area (Å²) in [5.74, 6) is -1.96. The standard InChI is InChI=1S/C23H29FN4O4S/c1-16(2)21(23(30)26-14-19-7-3-4-12-25-19)27-22(29)17-6-5-13-28(15-17)33(31,32)20-10-8-18(24)9-11-20/h3-4,7-12,16-17,21H,5-6,13-15H2,1-2H3,(H,26,30)(H,27,29)/t17-,21+/m1/s1. The summed E-state index contributed by atoms with van der Waals surface area (Å²) in [4.78, 5) is 29.8. The fraction of sp³-hybridized carbons (Fsp3) is 0.435. The molecule has 10 heteroatoms. The molecule has 0 bridgehead atoms. The van der Waals surface area contributed by atoms with Crippen LogP contribution in [-0.2, 0) is 26.2 Å². The van der Waals surface area contributed by atoms with E-state index in [2.05, 4.69) is 15.6 Å². The first-order chi connectivity index (χ1) is 15.7. The van der Waals surface area contributed by atoms with Gasteiger partial charge in [0.2, 0.25) is 21.8 Å². The highest BCUT2D eigenvalue weighted by Gasteiger charge is 2.35. The summed E-state index contributed by atoms with van der Waals surface area (Å²) in [7, 11) is -3.85. The first-order valence-corrected chi connectivity index (χ1v) is 12.4. The fourth-order valence-electron chi connectivity index (χ4n) is 3.73. The van der Waals surface area contributed by atoms with Crippen LogP contribution in [0.3, 0.4) is 0 Å². The Bertz CT molecular complexity index is 1060. The van der Waals surface area contributed by atoms with Crippen LogP contribution in [-0.4, -0.2) is 48.7 Å². The molecule has 1 aliphatic rings. The van der Waals surface area contributed by atoms with E-state index in [0.29, 0.717) is 18.5 Å². The summed E-state index contributed by atoms with van der Waals surface area (Å²) in [6, 6.07) is 9.27. The normalized spacial score (nSPS) is 18.0. The van der Waals surface area contributed by atoms with E-state index in [1.54, 1.807) is 18.3 Å². The van der Waals surface area contributed by atoms with Crippen LogP contribution >= 0.6 is 0 Å². The Labute approximate surface area is 193 Å². The van der Waals surface area contributed by atoms with Crippen LogP contribution in [0.15, 0.2) is 53.6 Å². The minimum atomic E-state index is -3.85. The number of nitrogens with zero attached hydrogens (tertiary/aromatic N) is 2. The van der Waals surface area contributed by atoms with Gasteiger partial charge in [-0.3, -0.25) is 14.6 Å². The van der Waals surface area contributed by atoms with Gasteiger partial charge >= 0.3 is 0 Å². The number of rotatable bonds is 8. The summed E-state index contributed by atoms with van der Waals surface area (Å²) >= 11 is 0. The van der Waals surface area contributed by atoms with Crippen molar-refractivity contribution in [1.29, 1.82) is 0 Å². The van der Waals surface area contributed by atoms with Crippen molar-refractivity contribution in [2.75, 3.05) is 13.1 Å². The number of carbonyl (C=O) groups excluding carboxylic acids is 2. The van der Waals surface area contributed by atoms with Gasteiger partial charge < -0.3 is 10.6 Å². The molecule has 1 fully saturated rings. The van der Waals surface area contributed by atoms with Crippen LogP contribution in [0.4, 0.5) is 4.39 Å². The van der Waals surface area contributed by atoms with Crippen molar-refractivity contribution in [1.82, 2.24) is 19.9 Å². The molecule has 2 N–H and O–H groups in total. The van der Waals surface area contributed by atoms with Crippen LogP contribution < -0.4 is 10.6 Å². The van der Waals surface area contributed by atoms with Crippen molar-refractivity contribution >= 4 is 21.8 Å². The molecule has 8 nitrogen and oxygen atoms in total. The molecule has 2 amide bonds. The summed E-state index contributed by atoms with van der Waals surface area (Å²) in [5.41, 5.74) is 0.702. The molecule has 2 heterocycles. The molecule has 1 saturated heterocycles. The van der Waals surface area contributed by atoms with Gasteiger partial charge in [-0.15, -0.1) is 0 Å². The molecule has 0 saturated carbocycles. The average Bonchev–Trinajstić information content (AvgIpc) is 2.81. The number of pyridine rings is 1. The number of halogens is 1. The zero-order chi connectivity index (χ0) is 24.0. The van der Waals surface area contributed by atoms with Crippen molar-refractivity contribution in [2.45, 2.75) is 44.2 Å². The van der Waals surface area contributed by atoms with Crippen molar-refractivity contribution in [3.8, 4) is 0 Å². The lowest BCUT2D eigenvalue weighted by Crippen LogP contribution is -2.53. The van der Waals surface area contributed by atoms with E-state index in [4.69, 9.17) is 0 Å². The number of sulfonamides is 1. The van der Waals surface area contributed by atoms with Gasteiger partial charge in [0.25, 0.3) is 0 Å². The van der Waals surface area contributed by atoms with Gasteiger partial charge in [-0.1, -0.05) is 19.9 Å². The second-order valence-electron chi connectivity index (χ2n) is 8.43. The number of hydrogen-bond acceptors (Lipinski definition) is 5. The monoisotopic (exact) mass is 476 g/mol. The van der Waals surface area contributed by atoms with E-state index in [-0.39, 0.29) is 42.3 Å². The third kappa shape index (κ3) is 6.35. The molecular formula is C23H29FN4O4S. The zero-order valence-electron chi connectivity index (χ0n) is 18.7. The van der Waals surface area contributed by atoms with Gasteiger partial charge in [-0.25, -0.2) is 12.8 Å². The Morgan fingerprint density at radius 2 is 1.91 bits per heavy atom. The Balaban J connectivity index is 1.63. The molecule has 3 rings (SSSR count). The van der Waals surface area contributed by atoms with Gasteiger partial charge in [0.05, 0.1) is 23.1 Å². The Hall–Kier alpha value is -2.85. The average molecular weight is 477 g/mol. The van der Waals surface area contributed by atoms with Crippen molar-refractivity contribution in [3.63, 3.8) is 0 Å². The first-order valence-electron chi connectivity index (χ1n) is 10.9. The molecule has 178 valence electrons. The lowest BCUT2D eigenvalue weighted by Gasteiger charge is -2.32. The molecule has 0 unspecified atom stereocenters. The quantitative estimate of drug-likeness (QED) is 0.607. The number of hydrogen-bond donors (Lipinski definition) is 2. The maximum Gasteiger partial charge on any atom is 0.243 e. The van der Waals surface area contributed by atoms with Gasteiger partial charge in [0, 0.05) is 19.3 Å². The van der Waals surface area contributed by atoms with E-state index in [0.717, 1.165) is 12.1 Å². The third-order valence-electron chi connectivity index (χ3n) is 5.62. The summed E-state index contributed by atoms with van der Waals surface area (Å²) < 4.78 is 40.3. The smallest absolute Gasteiger partial charge is 0.243 e. The molecule has 0 radical (unpaired) electrons. The van der Waals surface area contributed by atoms with Crippen LogP contribution in [0.25, 0.3) is 0 Å². The number of piperidine rings is 1. The highest BCUT2D eigenvalue weighted by molar-refractivity contribution is 7.89. The second-order valence-corrected chi connectivity index (χ2v) is 10.4. The van der Waals surface area contributed by atoms with Crippen molar-refractivity contribution in [3.05, 3.63) is 60.2 Å². The minimum absolute atomic E-state index is 0.00587. The molecule has 33 heavy (non-hydrogen) atoms. The van der Waals surface area contributed by atoms with Gasteiger partial charge in [-0.05, 0) is 55.2 Å². The van der Waals surface area contributed by atoms with E-state index in [1.807, 2.05) is 19.9 Å². The minimum Gasteiger partial charge on any atom is -0.349 e. The lowest BCUT2D eigenvalue weighted by molar-refractivity contribution is -0.132. The number of aromatic nitrogens is 1. The third-order valence-corrected chi connectivity index (χ3v) is 7.50. The topological polar surface area (TPSA) is 108 Å². The highest BCUT2D eigenvalue weighted by atomic mass is 32.2. The van der Waals surface area contributed by atoms with Crippen molar-refractivity contribution in [2.24, 2.45) is 11.8 Å². The largest absolute Gasteiger partial charge is 0.349 e. The predicted molar refractivity (Wildman–Crippen MR) is 121 cm³/mol. The maximum atomic E-state index is 13.2. The Morgan fingerprint density at radius 1 is 1.18 bits per heavy atom. The summed E-state index contributed by atoms with van der Waals surface area (Å²) in [6.45, 7) is 4.19. The van der Waals surface area contributed by atoms with E-state index in [9.17, 15) is 22.4 Å².